The molecule has 0 saturated heterocycles. The molecule has 0 aliphatic heterocycles. The Morgan fingerprint density at radius 1 is 1.33 bits per heavy atom. The van der Waals surface area contributed by atoms with Crippen molar-refractivity contribution in [1.29, 1.82) is 0 Å². The Morgan fingerprint density at radius 2 is 2.07 bits per heavy atom. The first kappa shape index (κ1) is 12.2. The average molecular weight is 209 g/mol. The molecule has 84 valence electrons. The van der Waals surface area contributed by atoms with Crippen LogP contribution in [0.3, 0.4) is 0 Å². The van der Waals surface area contributed by atoms with Crippen molar-refractivity contribution in [3.8, 4) is 0 Å². The third-order valence-corrected chi connectivity index (χ3v) is 2.78. The third kappa shape index (κ3) is 4.43. The SMILES string of the molecule is CCC(C)(C)CNCc1cccc(F)c1. The van der Waals surface area contributed by atoms with Gasteiger partial charge in [0.05, 0.1) is 0 Å². The van der Waals surface area contributed by atoms with Crippen molar-refractivity contribution in [2.75, 3.05) is 6.54 Å². The fourth-order valence-electron chi connectivity index (χ4n) is 1.32. The first-order chi connectivity index (χ1) is 7.03. The van der Waals surface area contributed by atoms with Gasteiger partial charge in [-0.05, 0) is 29.5 Å². The Morgan fingerprint density at radius 3 is 2.67 bits per heavy atom. The molecule has 15 heavy (non-hydrogen) atoms. The molecule has 0 saturated carbocycles. The third-order valence-electron chi connectivity index (χ3n) is 2.78. The minimum atomic E-state index is -0.163. The summed E-state index contributed by atoms with van der Waals surface area (Å²) in [4.78, 5) is 0. The second kappa shape index (κ2) is 5.26. The molecule has 0 aliphatic carbocycles. The second-order valence-electron chi connectivity index (χ2n) is 4.75. The van der Waals surface area contributed by atoms with Crippen LogP contribution >= 0.6 is 0 Å². The van der Waals surface area contributed by atoms with Crippen molar-refractivity contribution in [3.63, 3.8) is 0 Å². The van der Waals surface area contributed by atoms with Crippen molar-refractivity contribution in [2.45, 2.75) is 33.7 Å². The van der Waals surface area contributed by atoms with Gasteiger partial charge in [-0.2, -0.15) is 0 Å². The monoisotopic (exact) mass is 209 g/mol. The van der Waals surface area contributed by atoms with Gasteiger partial charge in [-0.25, -0.2) is 4.39 Å². The van der Waals surface area contributed by atoms with Crippen LogP contribution in [0.15, 0.2) is 24.3 Å². The Kier molecular flexibility index (Phi) is 4.28. The maximum absolute atomic E-state index is 12.9. The normalized spacial score (nSPS) is 11.7. The van der Waals surface area contributed by atoms with E-state index >= 15 is 0 Å². The molecule has 0 amide bonds. The van der Waals surface area contributed by atoms with E-state index in [0.717, 1.165) is 25.1 Å². The molecule has 1 N–H and O–H groups in total. The maximum Gasteiger partial charge on any atom is 0.123 e. The molecule has 0 aromatic heterocycles. The molecule has 2 heteroatoms. The van der Waals surface area contributed by atoms with Crippen molar-refractivity contribution >= 4 is 0 Å². The highest BCUT2D eigenvalue weighted by Gasteiger charge is 2.13. The highest BCUT2D eigenvalue weighted by molar-refractivity contribution is 5.15. The van der Waals surface area contributed by atoms with Gasteiger partial charge in [-0.15, -0.1) is 0 Å². The predicted molar refractivity (Wildman–Crippen MR) is 62.2 cm³/mol. The molecule has 0 aliphatic rings. The van der Waals surface area contributed by atoms with Gasteiger partial charge in [0.15, 0.2) is 0 Å². The molecule has 0 unspecified atom stereocenters. The van der Waals surface area contributed by atoms with E-state index in [1.807, 2.05) is 6.07 Å². The van der Waals surface area contributed by atoms with E-state index in [4.69, 9.17) is 0 Å². The fourth-order valence-corrected chi connectivity index (χ4v) is 1.32. The zero-order valence-electron chi connectivity index (χ0n) is 9.81. The van der Waals surface area contributed by atoms with Crippen LogP contribution in [0.1, 0.15) is 32.8 Å². The lowest BCUT2D eigenvalue weighted by Crippen LogP contribution is -2.28. The number of rotatable bonds is 5. The Hall–Kier alpha value is -0.890. The van der Waals surface area contributed by atoms with Gasteiger partial charge in [0.2, 0.25) is 0 Å². The topological polar surface area (TPSA) is 12.0 Å². The van der Waals surface area contributed by atoms with Crippen LogP contribution in [0.5, 0.6) is 0 Å². The molecule has 0 radical (unpaired) electrons. The molecule has 1 rings (SSSR count). The van der Waals surface area contributed by atoms with Crippen molar-refractivity contribution in [2.24, 2.45) is 5.41 Å². The Labute approximate surface area is 91.7 Å². The van der Waals surface area contributed by atoms with E-state index in [9.17, 15) is 4.39 Å². The van der Waals surface area contributed by atoms with Gasteiger partial charge >= 0.3 is 0 Å². The number of hydrogen-bond donors (Lipinski definition) is 1. The minimum Gasteiger partial charge on any atom is -0.312 e. The van der Waals surface area contributed by atoms with Crippen molar-refractivity contribution in [1.82, 2.24) is 5.32 Å². The maximum atomic E-state index is 12.9. The predicted octanol–water partition coefficient (Wildman–Crippen LogP) is 3.35. The van der Waals surface area contributed by atoms with Crippen LogP contribution < -0.4 is 5.32 Å². The first-order valence-electron chi connectivity index (χ1n) is 5.49. The summed E-state index contributed by atoms with van der Waals surface area (Å²) in [6.45, 7) is 8.34. The van der Waals surface area contributed by atoms with Crippen LogP contribution in [0.2, 0.25) is 0 Å². The fraction of sp³-hybridized carbons (Fsp3) is 0.538. The van der Waals surface area contributed by atoms with E-state index in [0.29, 0.717) is 5.41 Å². The van der Waals surface area contributed by atoms with Gasteiger partial charge in [0, 0.05) is 13.1 Å². The van der Waals surface area contributed by atoms with Crippen LogP contribution in [0.25, 0.3) is 0 Å². The molecular weight excluding hydrogens is 189 g/mol. The Balaban J connectivity index is 2.38. The molecule has 0 bridgehead atoms. The number of halogens is 1. The number of hydrogen-bond acceptors (Lipinski definition) is 1. The molecule has 1 aromatic carbocycles. The lowest BCUT2D eigenvalue weighted by molar-refractivity contribution is 0.327. The van der Waals surface area contributed by atoms with E-state index in [-0.39, 0.29) is 5.82 Å². The smallest absolute Gasteiger partial charge is 0.123 e. The zero-order chi connectivity index (χ0) is 11.3. The van der Waals surface area contributed by atoms with Gasteiger partial charge < -0.3 is 5.32 Å². The molecular formula is C13H20FN. The van der Waals surface area contributed by atoms with Gasteiger partial charge in [-0.1, -0.05) is 32.9 Å². The highest BCUT2D eigenvalue weighted by atomic mass is 19.1. The summed E-state index contributed by atoms with van der Waals surface area (Å²) in [5.41, 5.74) is 1.31. The first-order valence-corrected chi connectivity index (χ1v) is 5.49. The summed E-state index contributed by atoms with van der Waals surface area (Å²) in [6, 6.07) is 6.73. The molecule has 0 fully saturated rings. The minimum absolute atomic E-state index is 0.163. The summed E-state index contributed by atoms with van der Waals surface area (Å²) >= 11 is 0. The van der Waals surface area contributed by atoms with E-state index in [1.165, 1.54) is 6.07 Å². The lowest BCUT2D eigenvalue weighted by atomic mass is 9.90. The zero-order valence-corrected chi connectivity index (χ0v) is 9.81. The lowest BCUT2D eigenvalue weighted by Gasteiger charge is -2.22. The van der Waals surface area contributed by atoms with E-state index in [1.54, 1.807) is 12.1 Å². The van der Waals surface area contributed by atoms with Crippen LogP contribution in [0.4, 0.5) is 4.39 Å². The second-order valence-corrected chi connectivity index (χ2v) is 4.75. The average Bonchev–Trinajstić information content (AvgIpc) is 2.18. The van der Waals surface area contributed by atoms with Gasteiger partial charge in [0.25, 0.3) is 0 Å². The molecule has 1 nitrogen and oxygen atoms in total. The van der Waals surface area contributed by atoms with Crippen LogP contribution in [0, 0.1) is 11.2 Å². The summed E-state index contributed by atoms with van der Waals surface area (Å²) in [7, 11) is 0. The van der Waals surface area contributed by atoms with E-state index < -0.39 is 0 Å². The Bertz CT molecular complexity index is 307. The van der Waals surface area contributed by atoms with E-state index in [2.05, 4.69) is 26.1 Å². The van der Waals surface area contributed by atoms with Gasteiger partial charge in [0.1, 0.15) is 5.82 Å². The summed E-state index contributed by atoms with van der Waals surface area (Å²) in [5.74, 6) is -0.163. The molecule has 0 atom stereocenters. The summed E-state index contributed by atoms with van der Waals surface area (Å²) in [5, 5.41) is 3.35. The van der Waals surface area contributed by atoms with Crippen LogP contribution in [-0.4, -0.2) is 6.54 Å². The molecule has 1 aromatic rings. The van der Waals surface area contributed by atoms with Crippen LogP contribution in [-0.2, 0) is 6.54 Å². The van der Waals surface area contributed by atoms with Gasteiger partial charge in [-0.3, -0.25) is 0 Å². The summed E-state index contributed by atoms with van der Waals surface area (Å²) in [6.07, 6.45) is 1.14. The quantitative estimate of drug-likeness (QED) is 0.784. The number of nitrogens with one attached hydrogen (secondary N) is 1. The van der Waals surface area contributed by atoms with Crippen molar-refractivity contribution < 1.29 is 4.39 Å². The largest absolute Gasteiger partial charge is 0.312 e. The summed E-state index contributed by atoms with van der Waals surface area (Å²) < 4.78 is 12.9. The standard InChI is InChI=1S/C13H20FN/c1-4-13(2,3)10-15-9-11-6-5-7-12(14)8-11/h5-8,15H,4,9-10H2,1-3H3. The molecule has 0 heterocycles. The molecule has 0 spiro atoms. The van der Waals surface area contributed by atoms with Crippen molar-refractivity contribution in [3.05, 3.63) is 35.6 Å². The highest BCUT2D eigenvalue weighted by Crippen LogP contribution is 2.17. The number of benzene rings is 1.